The predicted octanol–water partition coefficient (Wildman–Crippen LogP) is 3.47. The number of urea groups is 1. The molecule has 6 heteroatoms. The number of nitrogens with one attached hydrogen (secondary N) is 1. The third-order valence-corrected chi connectivity index (χ3v) is 4.09. The van der Waals surface area contributed by atoms with Crippen LogP contribution in [0.4, 0.5) is 19.3 Å². The zero-order valence-corrected chi connectivity index (χ0v) is 13.7. The number of carbonyl (C=O) groups excluding carboxylic acids is 1. The van der Waals surface area contributed by atoms with Gasteiger partial charge < -0.3 is 15.1 Å². The number of anilines is 1. The van der Waals surface area contributed by atoms with Gasteiger partial charge >= 0.3 is 6.03 Å². The summed E-state index contributed by atoms with van der Waals surface area (Å²) in [6, 6.07) is 12.3. The predicted molar refractivity (Wildman–Crippen MR) is 94.2 cm³/mol. The van der Waals surface area contributed by atoms with Gasteiger partial charge in [-0.15, -0.1) is 0 Å². The molecule has 0 bridgehead atoms. The summed E-state index contributed by atoms with van der Waals surface area (Å²) in [5, 5.41) is 2.70. The Labute approximate surface area is 145 Å². The lowest BCUT2D eigenvalue weighted by atomic mass is 10.2. The molecule has 2 aromatic carbocycles. The average molecular weight is 343 g/mol. The SMILES string of the molecule is O=C(N/C=C/c1cccc(F)c1)N1CCN(c2ccc(F)cc2)CC1. The van der Waals surface area contributed by atoms with E-state index < -0.39 is 0 Å². The Bertz CT molecular complexity index is 754. The topological polar surface area (TPSA) is 35.6 Å². The van der Waals surface area contributed by atoms with Crippen LogP contribution in [0.5, 0.6) is 0 Å². The lowest BCUT2D eigenvalue weighted by Crippen LogP contribution is -2.51. The van der Waals surface area contributed by atoms with Gasteiger partial charge in [0.1, 0.15) is 11.6 Å². The van der Waals surface area contributed by atoms with Crippen molar-refractivity contribution in [1.82, 2.24) is 10.2 Å². The Morgan fingerprint density at radius 1 is 0.960 bits per heavy atom. The van der Waals surface area contributed by atoms with Crippen molar-refractivity contribution in [3.63, 3.8) is 0 Å². The van der Waals surface area contributed by atoms with E-state index in [9.17, 15) is 13.6 Å². The van der Waals surface area contributed by atoms with Gasteiger partial charge in [-0.1, -0.05) is 12.1 Å². The molecule has 2 amide bonds. The van der Waals surface area contributed by atoms with E-state index in [0.29, 0.717) is 31.7 Å². The molecule has 1 saturated heterocycles. The molecule has 1 N–H and O–H groups in total. The molecule has 4 nitrogen and oxygen atoms in total. The molecule has 25 heavy (non-hydrogen) atoms. The first-order valence-corrected chi connectivity index (χ1v) is 8.10. The minimum atomic E-state index is -0.314. The summed E-state index contributed by atoms with van der Waals surface area (Å²) >= 11 is 0. The molecule has 1 heterocycles. The van der Waals surface area contributed by atoms with Crippen molar-refractivity contribution < 1.29 is 13.6 Å². The smallest absolute Gasteiger partial charge is 0.321 e. The number of rotatable bonds is 3. The highest BCUT2D eigenvalue weighted by Crippen LogP contribution is 2.16. The first-order valence-electron chi connectivity index (χ1n) is 8.10. The van der Waals surface area contributed by atoms with Crippen LogP contribution < -0.4 is 10.2 Å². The molecule has 1 fully saturated rings. The van der Waals surface area contributed by atoms with Crippen molar-refractivity contribution in [1.29, 1.82) is 0 Å². The largest absolute Gasteiger partial charge is 0.368 e. The van der Waals surface area contributed by atoms with E-state index >= 15 is 0 Å². The summed E-state index contributed by atoms with van der Waals surface area (Å²) in [5.41, 5.74) is 1.63. The molecule has 0 saturated carbocycles. The Hall–Kier alpha value is -2.89. The number of benzene rings is 2. The van der Waals surface area contributed by atoms with Crippen LogP contribution in [-0.2, 0) is 0 Å². The summed E-state index contributed by atoms with van der Waals surface area (Å²) < 4.78 is 26.1. The average Bonchev–Trinajstić information content (AvgIpc) is 2.62. The van der Waals surface area contributed by atoms with Crippen LogP contribution in [0, 0.1) is 11.6 Å². The molecular formula is C19H19F2N3O. The van der Waals surface area contributed by atoms with Crippen LogP contribution in [0.25, 0.3) is 6.08 Å². The normalized spacial score (nSPS) is 14.8. The van der Waals surface area contributed by atoms with E-state index in [1.54, 1.807) is 35.2 Å². The van der Waals surface area contributed by atoms with Gasteiger partial charge in [-0.3, -0.25) is 0 Å². The van der Waals surface area contributed by atoms with Crippen molar-refractivity contribution >= 4 is 17.8 Å². The number of halogens is 2. The zero-order valence-electron chi connectivity index (χ0n) is 13.7. The highest BCUT2D eigenvalue weighted by atomic mass is 19.1. The fourth-order valence-electron chi connectivity index (χ4n) is 2.73. The van der Waals surface area contributed by atoms with Crippen LogP contribution >= 0.6 is 0 Å². The van der Waals surface area contributed by atoms with Crippen molar-refractivity contribution in [2.45, 2.75) is 0 Å². The minimum Gasteiger partial charge on any atom is -0.368 e. The van der Waals surface area contributed by atoms with Crippen LogP contribution in [0.3, 0.4) is 0 Å². The molecule has 0 aliphatic carbocycles. The summed E-state index contributed by atoms with van der Waals surface area (Å²) in [6.07, 6.45) is 3.17. The first kappa shape index (κ1) is 17.0. The van der Waals surface area contributed by atoms with Gasteiger partial charge in [0.2, 0.25) is 0 Å². The van der Waals surface area contributed by atoms with E-state index in [0.717, 1.165) is 5.69 Å². The van der Waals surface area contributed by atoms with Crippen LogP contribution in [0.2, 0.25) is 0 Å². The summed E-state index contributed by atoms with van der Waals surface area (Å²) in [7, 11) is 0. The maximum Gasteiger partial charge on any atom is 0.321 e. The fraction of sp³-hybridized carbons (Fsp3) is 0.211. The first-order chi connectivity index (χ1) is 12.1. The molecular weight excluding hydrogens is 324 g/mol. The highest BCUT2D eigenvalue weighted by Gasteiger charge is 2.20. The molecule has 2 aromatic rings. The second-order valence-electron chi connectivity index (χ2n) is 5.79. The highest BCUT2D eigenvalue weighted by molar-refractivity contribution is 5.76. The van der Waals surface area contributed by atoms with Crippen molar-refractivity contribution in [3.05, 3.63) is 71.9 Å². The molecule has 1 aliphatic rings. The second kappa shape index (κ2) is 7.79. The van der Waals surface area contributed by atoms with Gasteiger partial charge in [0, 0.05) is 38.1 Å². The fourth-order valence-corrected chi connectivity index (χ4v) is 2.73. The lowest BCUT2D eigenvalue weighted by molar-refractivity contribution is 0.198. The molecule has 0 aromatic heterocycles. The number of hydrogen-bond acceptors (Lipinski definition) is 2. The molecule has 130 valence electrons. The number of carbonyl (C=O) groups is 1. The van der Waals surface area contributed by atoms with E-state index in [1.807, 2.05) is 0 Å². The number of piperazine rings is 1. The third kappa shape index (κ3) is 4.56. The summed E-state index contributed by atoms with van der Waals surface area (Å²) in [5.74, 6) is -0.572. The van der Waals surface area contributed by atoms with Crippen LogP contribution in [0.15, 0.2) is 54.7 Å². The molecule has 0 atom stereocenters. The number of nitrogens with zero attached hydrogens (tertiary/aromatic N) is 2. The molecule has 0 radical (unpaired) electrons. The Kier molecular flexibility index (Phi) is 5.28. The van der Waals surface area contributed by atoms with Gasteiger partial charge in [-0.2, -0.15) is 0 Å². The summed E-state index contributed by atoms with van der Waals surface area (Å²) in [4.78, 5) is 16.0. The standard InChI is InChI=1S/C19H19F2N3O/c20-16-4-6-18(7-5-16)23-10-12-24(13-11-23)19(25)22-9-8-15-2-1-3-17(21)14-15/h1-9,14H,10-13H2,(H,22,25)/b9-8+. The van der Waals surface area contributed by atoms with Gasteiger partial charge in [-0.25, -0.2) is 13.6 Å². The molecule has 1 aliphatic heterocycles. The third-order valence-electron chi connectivity index (χ3n) is 4.09. The minimum absolute atomic E-state index is 0.189. The second-order valence-corrected chi connectivity index (χ2v) is 5.79. The van der Waals surface area contributed by atoms with Gasteiger partial charge in [-0.05, 0) is 48.0 Å². The quantitative estimate of drug-likeness (QED) is 0.926. The van der Waals surface area contributed by atoms with Crippen molar-refractivity contribution in [2.24, 2.45) is 0 Å². The Morgan fingerprint density at radius 2 is 1.68 bits per heavy atom. The van der Waals surface area contributed by atoms with Gasteiger partial charge in [0.15, 0.2) is 0 Å². The molecule has 0 spiro atoms. The van der Waals surface area contributed by atoms with E-state index in [4.69, 9.17) is 0 Å². The zero-order chi connectivity index (χ0) is 17.6. The van der Waals surface area contributed by atoms with E-state index in [2.05, 4.69) is 10.2 Å². The van der Waals surface area contributed by atoms with Crippen molar-refractivity contribution in [2.75, 3.05) is 31.1 Å². The maximum atomic E-state index is 13.1. The molecule has 3 rings (SSSR count). The van der Waals surface area contributed by atoms with E-state index in [-0.39, 0.29) is 17.7 Å². The Balaban J connectivity index is 1.49. The van der Waals surface area contributed by atoms with Crippen LogP contribution in [0.1, 0.15) is 5.56 Å². The van der Waals surface area contributed by atoms with E-state index in [1.165, 1.54) is 30.5 Å². The van der Waals surface area contributed by atoms with Gasteiger partial charge in [0.05, 0.1) is 0 Å². The number of hydrogen-bond donors (Lipinski definition) is 1. The monoisotopic (exact) mass is 343 g/mol. The Morgan fingerprint density at radius 3 is 2.36 bits per heavy atom. The van der Waals surface area contributed by atoms with Crippen molar-refractivity contribution in [3.8, 4) is 0 Å². The number of amides is 2. The molecule has 0 unspecified atom stereocenters. The maximum absolute atomic E-state index is 13.1. The lowest BCUT2D eigenvalue weighted by Gasteiger charge is -2.35. The summed E-state index contributed by atoms with van der Waals surface area (Å²) in [6.45, 7) is 2.54. The van der Waals surface area contributed by atoms with Gasteiger partial charge in [0.25, 0.3) is 0 Å². The van der Waals surface area contributed by atoms with Crippen LogP contribution in [-0.4, -0.2) is 37.1 Å².